The Balaban J connectivity index is 1.68. The third-order valence-corrected chi connectivity index (χ3v) is 4.23. The van der Waals surface area contributed by atoms with Crippen molar-refractivity contribution in [2.75, 3.05) is 27.9 Å². The molecule has 0 bridgehead atoms. The van der Waals surface area contributed by atoms with E-state index in [4.69, 9.17) is 18.9 Å². The van der Waals surface area contributed by atoms with E-state index in [-0.39, 0.29) is 6.61 Å². The van der Waals surface area contributed by atoms with Crippen molar-refractivity contribution in [2.45, 2.75) is 6.54 Å². The lowest BCUT2D eigenvalue weighted by Crippen LogP contribution is -2.35. The molecule has 1 heterocycles. The van der Waals surface area contributed by atoms with Crippen LogP contribution in [-0.2, 0) is 11.3 Å². The summed E-state index contributed by atoms with van der Waals surface area (Å²) in [6.45, 7) is 0.805. The van der Waals surface area contributed by atoms with Gasteiger partial charge >= 0.3 is 5.97 Å². The molecule has 0 aliphatic rings. The van der Waals surface area contributed by atoms with E-state index >= 15 is 0 Å². The number of carbonyl (C=O) groups excluding carboxylic acids is 1. The first-order chi connectivity index (χ1) is 13.2. The van der Waals surface area contributed by atoms with Gasteiger partial charge in [-0.3, -0.25) is 0 Å². The summed E-state index contributed by atoms with van der Waals surface area (Å²) in [4.78, 5) is 12.4. The summed E-state index contributed by atoms with van der Waals surface area (Å²) < 4.78 is 23.2. The summed E-state index contributed by atoms with van der Waals surface area (Å²) in [5.41, 5.74) is 0.341. The highest BCUT2D eigenvalue weighted by Gasteiger charge is 2.18. The lowest BCUT2D eigenvalue weighted by molar-refractivity contribution is -0.696. The van der Waals surface area contributed by atoms with Gasteiger partial charge in [-0.05, 0) is 23.6 Å². The normalized spacial score (nSPS) is 10.5. The van der Waals surface area contributed by atoms with Crippen LogP contribution < -0.4 is 18.8 Å². The van der Waals surface area contributed by atoms with Crippen LogP contribution in [0.25, 0.3) is 10.8 Å². The molecule has 0 spiro atoms. The van der Waals surface area contributed by atoms with Crippen molar-refractivity contribution in [1.82, 2.24) is 0 Å². The number of nitrogens with zero attached hydrogens (tertiary/aromatic N) is 1. The van der Waals surface area contributed by atoms with Gasteiger partial charge in [0.15, 0.2) is 37.0 Å². The smallest absolute Gasteiger partial charge is 0.338 e. The topological polar surface area (TPSA) is 57.9 Å². The van der Waals surface area contributed by atoms with Gasteiger partial charge in [-0.25, -0.2) is 9.36 Å². The largest absolute Gasteiger partial charge is 0.493 e. The van der Waals surface area contributed by atoms with Crippen molar-refractivity contribution in [3.05, 3.63) is 60.4 Å². The molecule has 6 heteroatoms. The van der Waals surface area contributed by atoms with E-state index in [9.17, 15) is 4.79 Å². The Bertz CT molecular complexity index is 929. The van der Waals surface area contributed by atoms with Gasteiger partial charge in [-0.1, -0.05) is 18.2 Å². The van der Waals surface area contributed by atoms with E-state index in [1.165, 1.54) is 26.7 Å². The van der Waals surface area contributed by atoms with Crippen molar-refractivity contribution in [3.63, 3.8) is 0 Å². The maximum Gasteiger partial charge on any atom is 0.338 e. The molecule has 0 fully saturated rings. The maximum absolute atomic E-state index is 12.4. The number of esters is 1. The fraction of sp³-hybridized carbons (Fsp3) is 0.238. The summed E-state index contributed by atoms with van der Waals surface area (Å²) in [5.74, 6) is 0.805. The van der Waals surface area contributed by atoms with Crippen molar-refractivity contribution >= 4 is 16.7 Å². The number of hydrogen-bond acceptors (Lipinski definition) is 5. The van der Waals surface area contributed by atoms with Crippen LogP contribution in [0.1, 0.15) is 10.4 Å². The zero-order chi connectivity index (χ0) is 19.2. The Morgan fingerprint density at radius 2 is 1.59 bits per heavy atom. The molecule has 0 amide bonds. The second-order valence-electron chi connectivity index (χ2n) is 5.86. The van der Waals surface area contributed by atoms with Crippen LogP contribution in [0.2, 0.25) is 0 Å². The van der Waals surface area contributed by atoms with Gasteiger partial charge in [-0.15, -0.1) is 0 Å². The highest BCUT2D eigenvalue weighted by Crippen LogP contribution is 2.38. The molecule has 0 saturated heterocycles. The van der Waals surface area contributed by atoms with Crippen LogP contribution in [0.15, 0.2) is 54.9 Å². The molecule has 27 heavy (non-hydrogen) atoms. The minimum atomic E-state index is -0.448. The van der Waals surface area contributed by atoms with Crippen molar-refractivity contribution in [2.24, 2.45) is 0 Å². The summed E-state index contributed by atoms with van der Waals surface area (Å²) in [5, 5.41) is 2.30. The molecule has 0 N–H and O–H groups in total. The van der Waals surface area contributed by atoms with Gasteiger partial charge in [0.25, 0.3) is 0 Å². The molecule has 0 aliphatic carbocycles. The maximum atomic E-state index is 12.4. The number of methoxy groups -OCH3 is 3. The molecule has 0 saturated carbocycles. The monoisotopic (exact) mass is 368 g/mol. The van der Waals surface area contributed by atoms with Crippen molar-refractivity contribution in [1.29, 1.82) is 0 Å². The molecular formula is C21H22NO5+. The first-order valence-corrected chi connectivity index (χ1v) is 8.51. The Labute approximate surface area is 157 Å². The van der Waals surface area contributed by atoms with E-state index in [0.717, 1.165) is 5.39 Å². The predicted molar refractivity (Wildman–Crippen MR) is 101 cm³/mol. The molecule has 3 aromatic rings. The molecule has 0 aliphatic heterocycles. The summed E-state index contributed by atoms with van der Waals surface area (Å²) in [6.07, 6.45) is 4.00. The Kier molecular flexibility index (Phi) is 5.76. The molecule has 2 aromatic carbocycles. The van der Waals surface area contributed by atoms with Gasteiger partial charge < -0.3 is 18.9 Å². The van der Waals surface area contributed by atoms with Crippen LogP contribution in [0, 0.1) is 0 Å². The Morgan fingerprint density at radius 3 is 2.22 bits per heavy atom. The van der Waals surface area contributed by atoms with Crippen LogP contribution in [0.4, 0.5) is 0 Å². The second kappa shape index (κ2) is 8.40. The molecule has 0 radical (unpaired) electrons. The van der Waals surface area contributed by atoms with Crippen LogP contribution >= 0.6 is 0 Å². The quantitative estimate of drug-likeness (QED) is 0.474. The highest BCUT2D eigenvalue weighted by atomic mass is 16.5. The van der Waals surface area contributed by atoms with Gasteiger partial charge in [0.1, 0.15) is 0 Å². The SMILES string of the molecule is COc1cc(C(=O)OCC[n+]2ccc3ccccc3c2)cc(OC)c1OC. The number of aromatic nitrogens is 1. The third kappa shape index (κ3) is 4.11. The van der Waals surface area contributed by atoms with Crippen LogP contribution in [0.3, 0.4) is 0 Å². The predicted octanol–water partition coefficient (Wildman–Crippen LogP) is 3.01. The first kappa shape index (κ1) is 18.5. The number of carbonyl (C=O) groups is 1. The minimum Gasteiger partial charge on any atom is -0.493 e. The number of ether oxygens (including phenoxy) is 4. The van der Waals surface area contributed by atoms with E-state index in [0.29, 0.717) is 29.4 Å². The first-order valence-electron chi connectivity index (χ1n) is 8.51. The van der Waals surface area contributed by atoms with E-state index in [1.807, 2.05) is 41.2 Å². The summed E-state index contributed by atoms with van der Waals surface area (Å²) >= 11 is 0. The number of pyridine rings is 1. The zero-order valence-electron chi connectivity index (χ0n) is 15.6. The lowest BCUT2D eigenvalue weighted by atomic mass is 10.2. The van der Waals surface area contributed by atoms with E-state index in [1.54, 1.807) is 12.1 Å². The average molecular weight is 368 g/mol. The summed E-state index contributed by atoms with van der Waals surface area (Å²) in [6, 6.07) is 13.3. The van der Waals surface area contributed by atoms with Crippen molar-refractivity contribution in [3.8, 4) is 17.2 Å². The molecule has 1 aromatic heterocycles. The minimum absolute atomic E-state index is 0.249. The van der Waals surface area contributed by atoms with Gasteiger partial charge in [0, 0.05) is 11.5 Å². The molecule has 140 valence electrons. The fourth-order valence-corrected chi connectivity index (χ4v) is 2.84. The number of hydrogen-bond donors (Lipinski definition) is 0. The number of rotatable bonds is 7. The Hall–Kier alpha value is -3.28. The van der Waals surface area contributed by atoms with Crippen LogP contribution in [-0.4, -0.2) is 33.9 Å². The second-order valence-corrected chi connectivity index (χ2v) is 5.86. The highest BCUT2D eigenvalue weighted by molar-refractivity contribution is 5.91. The van der Waals surface area contributed by atoms with Crippen LogP contribution in [0.5, 0.6) is 17.2 Å². The van der Waals surface area contributed by atoms with Gasteiger partial charge in [0.05, 0.1) is 26.9 Å². The number of benzene rings is 2. The summed E-state index contributed by atoms with van der Waals surface area (Å²) in [7, 11) is 4.52. The fourth-order valence-electron chi connectivity index (χ4n) is 2.84. The average Bonchev–Trinajstić information content (AvgIpc) is 2.72. The Morgan fingerprint density at radius 1 is 0.926 bits per heavy atom. The molecule has 3 rings (SSSR count). The van der Waals surface area contributed by atoms with Gasteiger partial charge in [-0.2, -0.15) is 0 Å². The van der Waals surface area contributed by atoms with E-state index < -0.39 is 5.97 Å². The molecule has 0 unspecified atom stereocenters. The standard InChI is InChI=1S/C21H22NO5/c1-24-18-12-17(13-19(25-2)20(18)26-3)21(23)27-11-10-22-9-8-15-6-4-5-7-16(15)14-22/h4-9,12-14H,10-11H2,1-3H3/q+1. The molecule has 6 nitrogen and oxygen atoms in total. The third-order valence-electron chi connectivity index (χ3n) is 4.23. The van der Waals surface area contributed by atoms with E-state index in [2.05, 4.69) is 6.07 Å². The zero-order valence-corrected chi connectivity index (χ0v) is 15.6. The molecular weight excluding hydrogens is 346 g/mol. The lowest BCUT2D eigenvalue weighted by Gasteiger charge is -2.13. The van der Waals surface area contributed by atoms with Gasteiger partial charge in [0.2, 0.25) is 5.75 Å². The van der Waals surface area contributed by atoms with Crippen molar-refractivity contribution < 1.29 is 28.3 Å². The molecule has 0 atom stereocenters. The number of fused-ring (bicyclic) bond motifs is 1.